The Balaban J connectivity index is 0. The van der Waals surface area contributed by atoms with E-state index in [1.165, 1.54) is 0 Å². The van der Waals surface area contributed by atoms with Crippen molar-refractivity contribution in [1.82, 2.24) is 0 Å². The van der Waals surface area contributed by atoms with Crippen molar-refractivity contribution >= 4 is 97.6 Å². The van der Waals surface area contributed by atoms with Gasteiger partial charge in [0, 0.05) is 97.6 Å². The summed E-state index contributed by atoms with van der Waals surface area (Å²) in [6.07, 6.45) is 0. The summed E-state index contributed by atoms with van der Waals surface area (Å²) in [7, 11) is 0. The average molecular weight is 224 g/mol. The Morgan fingerprint density at radius 1 is 1.00 bits per heavy atom. The van der Waals surface area contributed by atoms with Crippen LogP contribution >= 0.6 is 0 Å². The standard InChI is InChI=1S/Ba.Ca.H2O.Si/h;;1H2;. The maximum Gasteiger partial charge on any atom is 0 e. The summed E-state index contributed by atoms with van der Waals surface area (Å²) in [5.41, 5.74) is 0. The Bertz CT molecular complexity index is 8.00. The Hall–Kier alpha value is 3.01. The Kier molecular flexibility index (Phi) is 116. The molecule has 0 heterocycles. The van der Waals surface area contributed by atoms with Crippen LogP contribution in [0.1, 0.15) is 0 Å². The van der Waals surface area contributed by atoms with Crippen molar-refractivity contribution in [3.05, 3.63) is 0 Å². The minimum atomic E-state index is 0. The minimum Gasteiger partial charge on any atom is -0.412 e. The molecule has 0 aromatic carbocycles. The third kappa shape index (κ3) is 8.89. The number of hydrogen-bond donors (Lipinski definition) is 0. The SMILES string of the molecule is O.[Ba].[Ca].[Si]. The topological polar surface area (TPSA) is 31.5 Å². The van der Waals surface area contributed by atoms with Gasteiger partial charge in [-0.3, -0.25) is 0 Å². The van der Waals surface area contributed by atoms with Crippen LogP contribution in [0.5, 0.6) is 0 Å². The van der Waals surface area contributed by atoms with Crippen molar-refractivity contribution in [2.75, 3.05) is 0 Å². The summed E-state index contributed by atoms with van der Waals surface area (Å²) >= 11 is 0. The Morgan fingerprint density at radius 2 is 1.00 bits per heavy atom. The van der Waals surface area contributed by atoms with Crippen LogP contribution in [0, 0.1) is 0 Å². The van der Waals surface area contributed by atoms with E-state index in [2.05, 4.69) is 0 Å². The molecule has 2 N–H and O–H groups in total. The first-order valence-corrected chi connectivity index (χ1v) is 0. The summed E-state index contributed by atoms with van der Waals surface area (Å²) in [4.78, 5) is 0. The molecule has 0 atom stereocenters. The molecule has 0 aliphatic carbocycles. The molecule has 0 aliphatic rings. The summed E-state index contributed by atoms with van der Waals surface area (Å²) in [6.45, 7) is 0. The molecule has 4 heavy (non-hydrogen) atoms. The quantitative estimate of drug-likeness (QED) is 0.427. The summed E-state index contributed by atoms with van der Waals surface area (Å²) in [6, 6.07) is 0. The molecule has 0 bridgehead atoms. The maximum absolute atomic E-state index is 0. The first-order chi connectivity index (χ1) is 0. The number of rotatable bonds is 0. The summed E-state index contributed by atoms with van der Waals surface area (Å²) in [5.74, 6) is 0. The Labute approximate surface area is 100 Å². The second-order valence-electron chi connectivity index (χ2n) is 0. The van der Waals surface area contributed by atoms with Gasteiger partial charge >= 0.3 is 0 Å². The van der Waals surface area contributed by atoms with Crippen molar-refractivity contribution in [3.8, 4) is 0 Å². The van der Waals surface area contributed by atoms with Crippen LogP contribution in [-0.4, -0.2) is 103 Å². The summed E-state index contributed by atoms with van der Waals surface area (Å²) in [5, 5.41) is 0. The van der Waals surface area contributed by atoms with Gasteiger partial charge in [-0.1, -0.05) is 0 Å². The van der Waals surface area contributed by atoms with E-state index >= 15 is 0 Å². The second kappa shape index (κ2) is 16.7. The zero-order valence-electron chi connectivity index (χ0n) is 2.41. The van der Waals surface area contributed by atoms with Crippen LogP contribution in [0.2, 0.25) is 0 Å². The average Bonchev–Trinajstić information content (AvgIpc) is 0. The monoisotopic (exact) mass is 224 g/mol. The largest absolute Gasteiger partial charge is 0.412 e. The van der Waals surface area contributed by atoms with Gasteiger partial charge in [0.05, 0.1) is 0 Å². The fourth-order valence-corrected chi connectivity index (χ4v) is 0. The van der Waals surface area contributed by atoms with E-state index in [0.717, 1.165) is 0 Å². The first-order valence-electron chi connectivity index (χ1n) is 0. The fourth-order valence-electron chi connectivity index (χ4n) is 0. The van der Waals surface area contributed by atoms with E-state index in [9.17, 15) is 0 Å². The normalized spacial score (nSPS) is 0. The molecule has 0 rings (SSSR count). The molecule has 16 valence electrons. The van der Waals surface area contributed by atoms with Crippen molar-refractivity contribution in [2.45, 2.75) is 0 Å². The van der Waals surface area contributed by atoms with Gasteiger partial charge in [0.1, 0.15) is 0 Å². The van der Waals surface area contributed by atoms with E-state index in [-0.39, 0.29) is 103 Å². The number of hydrogen-bond acceptors (Lipinski definition) is 0. The molecule has 0 aliphatic heterocycles. The molecule has 0 saturated heterocycles. The molecule has 4 heteroatoms. The van der Waals surface area contributed by atoms with Crippen LogP contribution in [0.15, 0.2) is 0 Å². The molecule has 0 amide bonds. The van der Waals surface area contributed by atoms with E-state index in [0.29, 0.717) is 0 Å². The zero-order valence-corrected chi connectivity index (χ0v) is 10.1. The van der Waals surface area contributed by atoms with Crippen molar-refractivity contribution < 1.29 is 5.48 Å². The van der Waals surface area contributed by atoms with E-state index in [4.69, 9.17) is 0 Å². The molecule has 0 fully saturated rings. The predicted molar refractivity (Wildman–Crippen MR) is 20.9 cm³/mol. The third-order valence-corrected chi connectivity index (χ3v) is 0. The second-order valence-corrected chi connectivity index (χ2v) is 0. The molecule has 8 radical (unpaired) electrons. The Morgan fingerprint density at radius 3 is 1.00 bits per heavy atom. The van der Waals surface area contributed by atoms with Crippen molar-refractivity contribution in [1.29, 1.82) is 0 Å². The predicted octanol–water partition coefficient (Wildman–Crippen LogP) is -1.97. The zero-order chi connectivity index (χ0) is 0. The molecule has 0 aromatic rings. The molecule has 0 spiro atoms. The molecule has 1 nitrogen and oxygen atoms in total. The van der Waals surface area contributed by atoms with Gasteiger partial charge in [0.25, 0.3) is 0 Å². The van der Waals surface area contributed by atoms with E-state index < -0.39 is 0 Å². The van der Waals surface area contributed by atoms with Gasteiger partial charge in [-0.05, 0) is 0 Å². The van der Waals surface area contributed by atoms with Crippen LogP contribution in [0.25, 0.3) is 0 Å². The first kappa shape index (κ1) is 28.0. The van der Waals surface area contributed by atoms with Crippen LogP contribution in [0.3, 0.4) is 0 Å². The molecule has 0 unspecified atom stereocenters. The van der Waals surface area contributed by atoms with Crippen LogP contribution in [-0.2, 0) is 0 Å². The molecular weight excluding hydrogens is 221 g/mol. The van der Waals surface area contributed by atoms with Crippen LogP contribution < -0.4 is 0 Å². The molecular formula is H2BaCaOSi. The van der Waals surface area contributed by atoms with Crippen molar-refractivity contribution in [3.63, 3.8) is 0 Å². The maximum atomic E-state index is 0. The third-order valence-electron chi connectivity index (χ3n) is 0. The van der Waals surface area contributed by atoms with E-state index in [1.807, 2.05) is 0 Å². The van der Waals surface area contributed by atoms with Gasteiger partial charge in [-0.2, -0.15) is 0 Å². The molecule has 0 saturated carbocycles. The molecule has 0 aromatic heterocycles. The summed E-state index contributed by atoms with van der Waals surface area (Å²) < 4.78 is 0. The van der Waals surface area contributed by atoms with Gasteiger partial charge in [-0.15, -0.1) is 0 Å². The smallest absolute Gasteiger partial charge is 0 e. The van der Waals surface area contributed by atoms with Crippen molar-refractivity contribution in [2.24, 2.45) is 0 Å². The van der Waals surface area contributed by atoms with Gasteiger partial charge in [-0.25, -0.2) is 0 Å². The van der Waals surface area contributed by atoms with E-state index in [1.54, 1.807) is 0 Å². The van der Waals surface area contributed by atoms with Gasteiger partial charge in [0.2, 0.25) is 0 Å². The van der Waals surface area contributed by atoms with Crippen LogP contribution in [0.4, 0.5) is 0 Å². The fraction of sp³-hybridized carbons (Fsp3) is 0. The van der Waals surface area contributed by atoms with Gasteiger partial charge in [0.15, 0.2) is 0 Å². The van der Waals surface area contributed by atoms with Gasteiger partial charge < -0.3 is 5.48 Å². The minimum absolute atomic E-state index is 0.